The van der Waals surface area contributed by atoms with Crippen LogP contribution in [0.1, 0.15) is 22.3 Å². The molecule has 0 atom stereocenters. The van der Waals surface area contributed by atoms with Crippen molar-refractivity contribution in [1.29, 1.82) is 0 Å². The number of aldehydes is 1. The van der Waals surface area contributed by atoms with Gasteiger partial charge in [-0.25, -0.2) is 0 Å². The van der Waals surface area contributed by atoms with Gasteiger partial charge in [0.25, 0.3) is 0 Å². The second-order valence-electron chi connectivity index (χ2n) is 5.22. The third-order valence-electron chi connectivity index (χ3n) is 3.87. The minimum absolute atomic E-state index is 0.583. The summed E-state index contributed by atoms with van der Waals surface area (Å²) in [4.78, 5) is 13.3. The van der Waals surface area contributed by atoms with E-state index in [1.54, 1.807) is 6.07 Å². The molecule has 3 rings (SSSR count). The molecule has 0 aromatic heterocycles. The minimum Gasteiger partial charge on any atom is -0.491 e. The molecule has 3 nitrogen and oxygen atoms in total. The summed E-state index contributed by atoms with van der Waals surface area (Å²) in [5, 5.41) is 0. The summed E-state index contributed by atoms with van der Waals surface area (Å²) in [6.07, 6.45) is 3.18. The molecule has 3 heteroatoms. The van der Waals surface area contributed by atoms with Crippen molar-refractivity contribution in [3.63, 3.8) is 0 Å². The molecule has 1 heterocycles. The first-order valence-electron chi connectivity index (χ1n) is 7.38. The van der Waals surface area contributed by atoms with Crippen molar-refractivity contribution in [2.24, 2.45) is 0 Å². The molecular formula is C18H19NO2. The molecule has 0 spiro atoms. The van der Waals surface area contributed by atoms with Gasteiger partial charge in [-0.2, -0.15) is 0 Å². The van der Waals surface area contributed by atoms with E-state index < -0.39 is 0 Å². The first kappa shape index (κ1) is 13.7. The van der Waals surface area contributed by atoms with Crippen molar-refractivity contribution in [1.82, 2.24) is 0 Å². The van der Waals surface area contributed by atoms with Gasteiger partial charge in [0.1, 0.15) is 12.4 Å². The average Bonchev–Trinajstić information content (AvgIpc) is 2.55. The molecule has 1 aliphatic rings. The van der Waals surface area contributed by atoms with Crippen molar-refractivity contribution in [3.05, 3.63) is 59.7 Å². The lowest BCUT2D eigenvalue weighted by atomic mass is 10.0. The van der Waals surface area contributed by atoms with Crippen LogP contribution in [0, 0.1) is 0 Å². The fourth-order valence-electron chi connectivity index (χ4n) is 2.82. The molecule has 0 bridgehead atoms. The maximum absolute atomic E-state index is 11.0. The van der Waals surface area contributed by atoms with Crippen LogP contribution in [-0.2, 0) is 6.42 Å². The second-order valence-corrected chi connectivity index (χ2v) is 5.22. The molecule has 21 heavy (non-hydrogen) atoms. The molecule has 0 unspecified atom stereocenters. The second kappa shape index (κ2) is 6.44. The smallest absolute Gasteiger partial charge is 0.153 e. The van der Waals surface area contributed by atoms with Crippen molar-refractivity contribution in [2.45, 2.75) is 12.8 Å². The van der Waals surface area contributed by atoms with Gasteiger partial charge in [0.2, 0.25) is 0 Å². The number of fused-ring (bicyclic) bond motifs is 1. The molecule has 0 saturated carbocycles. The normalized spacial score (nSPS) is 13.6. The van der Waals surface area contributed by atoms with Gasteiger partial charge >= 0.3 is 0 Å². The highest BCUT2D eigenvalue weighted by Gasteiger charge is 2.15. The van der Waals surface area contributed by atoms with E-state index in [2.05, 4.69) is 29.2 Å². The van der Waals surface area contributed by atoms with Crippen LogP contribution < -0.4 is 9.64 Å². The van der Waals surface area contributed by atoms with Crippen molar-refractivity contribution < 1.29 is 9.53 Å². The number of aryl methyl sites for hydroxylation is 1. The molecule has 0 N–H and O–H groups in total. The number of para-hydroxylation sites is 2. The zero-order valence-corrected chi connectivity index (χ0v) is 12.0. The van der Waals surface area contributed by atoms with Gasteiger partial charge in [0.05, 0.1) is 12.1 Å². The Morgan fingerprint density at radius 3 is 2.81 bits per heavy atom. The summed E-state index contributed by atoms with van der Waals surface area (Å²) in [6.45, 7) is 2.49. The molecule has 0 fully saturated rings. The third kappa shape index (κ3) is 3.07. The molecule has 0 amide bonds. The zero-order valence-electron chi connectivity index (χ0n) is 12.0. The van der Waals surface area contributed by atoms with Crippen LogP contribution in [0.25, 0.3) is 0 Å². The Labute approximate surface area is 125 Å². The fourth-order valence-corrected chi connectivity index (χ4v) is 2.82. The van der Waals surface area contributed by atoms with Crippen LogP contribution in [0.15, 0.2) is 48.5 Å². The number of carbonyl (C=O) groups is 1. The van der Waals surface area contributed by atoms with Crippen LogP contribution in [0.2, 0.25) is 0 Å². The van der Waals surface area contributed by atoms with Gasteiger partial charge < -0.3 is 9.64 Å². The number of anilines is 1. The quantitative estimate of drug-likeness (QED) is 0.787. The van der Waals surface area contributed by atoms with Gasteiger partial charge in [-0.3, -0.25) is 4.79 Å². The lowest BCUT2D eigenvalue weighted by molar-refractivity contribution is 0.111. The van der Waals surface area contributed by atoms with Gasteiger partial charge in [0, 0.05) is 12.2 Å². The Bertz CT molecular complexity index is 624. The highest BCUT2D eigenvalue weighted by Crippen LogP contribution is 2.26. The van der Waals surface area contributed by atoms with E-state index in [1.807, 2.05) is 18.2 Å². The SMILES string of the molecule is O=Cc1ccccc1OCCN1CCCc2ccccc21. The lowest BCUT2D eigenvalue weighted by Crippen LogP contribution is -2.33. The number of carbonyl (C=O) groups excluding carboxylic acids is 1. The molecule has 1 aliphatic heterocycles. The Balaban J connectivity index is 1.63. The molecule has 0 aliphatic carbocycles. The number of ether oxygens (including phenoxy) is 1. The van der Waals surface area contributed by atoms with Crippen LogP contribution in [0.4, 0.5) is 5.69 Å². The fraction of sp³-hybridized carbons (Fsp3) is 0.278. The molecular weight excluding hydrogens is 262 g/mol. The van der Waals surface area contributed by atoms with Crippen LogP contribution in [-0.4, -0.2) is 26.0 Å². The Morgan fingerprint density at radius 1 is 1.10 bits per heavy atom. The first-order valence-corrected chi connectivity index (χ1v) is 7.38. The molecule has 2 aromatic carbocycles. The highest BCUT2D eigenvalue weighted by molar-refractivity contribution is 5.79. The highest BCUT2D eigenvalue weighted by atomic mass is 16.5. The van der Waals surface area contributed by atoms with Crippen molar-refractivity contribution >= 4 is 12.0 Å². The van der Waals surface area contributed by atoms with E-state index in [0.29, 0.717) is 17.9 Å². The van der Waals surface area contributed by atoms with E-state index in [9.17, 15) is 4.79 Å². The molecule has 0 saturated heterocycles. The van der Waals surface area contributed by atoms with Gasteiger partial charge in [-0.15, -0.1) is 0 Å². The van der Waals surface area contributed by atoms with E-state index in [-0.39, 0.29) is 0 Å². The lowest BCUT2D eigenvalue weighted by Gasteiger charge is -2.31. The summed E-state index contributed by atoms with van der Waals surface area (Å²) in [6, 6.07) is 15.9. The molecule has 0 radical (unpaired) electrons. The number of rotatable bonds is 5. The zero-order chi connectivity index (χ0) is 14.5. The van der Waals surface area contributed by atoms with Crippen molar-refractivity contribution in [2.75, 3.05) is 24.6 Å². The van der Waals surface area contributed by atoms with Crippen LogP contribution >= 0.6 is 0 Å². The predicted octanol–water partition coefficient (Wildman–Crippen LogP) is 3.33. The number of hydrogen-bond acceptors (Lipinski definition) is 3. The van der Waals surface area contributed by atoms with Crippen LogP contribution in [0.5, 0.6) is 5.75 Å². The largest absolute Gasteiger partial charge is 0.491 e. The first-order chi connectivity index (χ1) is 10.4. The van der Waals surface area contributed by atoms with Crippen LogP contribution in [0.3, 0.4) is 0 Å². The summed E-state index contributed by atoms with van der Waals surface area (Å²) in [5.74, 6) is 0.665. The molecule has 108 valence electrons. The summed E-state index contributed by atoms with van der Waals surface area (Å²) < 4.78 is 5.77. The maximum atomic E-state index is 11.0. The minimum atomic E-state index is 0.583. The Morgan fingerprint density at radius 2 is 1.90 bits per heavy atom. The van der Waals surface area contributed by atoms with E-state index in [0.717, 1.165) is 25.8 Å². The molecule has 2 aromatic rings. The topological polar surface area (TPSA) is 29.5 Å². The average molecular weight is 281 g/mol. The number of nitrogens with zero attached hydrogens (tertiary/aromatic N) is 1. The van der Waals surface area contributed by atoms with Gasteiger partial charge in [-0.1, -0.05) is 30.3 Å². The monoisotopic (exact) mass is 281 g/mol. The van der Waals surface area contributed by atoms with E-state index in [4.69, 9.17) is 4.74 Å². The van der Waals surface area contributed by atoms with E-state index >= 15 is 0 Å². The van der Waals surface area contributed by atoms with E-state index in [1.165, 1.54) is 17.7 Å². The van der Waals surface area contributed by atoms with Crippen molar-refractivity contribution in [3.8, 4) is 5.75 Å². The summed E-state index contributed by atoms with van der Waals surface area (Å²) in [5.41, 5.74) is 3.34. The number of hydrogen-bond donors (Lipinski definition) is 0. The van der Waals surface area contributed by atoms with Gasteiger partial charge in [0.15, 0.2) is 6.29 Å². The Kier molecular flexibility index (Phi) is 4.20. The summed E-state index contributed by atoms with van der Waals surface area (Å²) >= 11 is 0. The maximum Gasteiger partial charge on any atom is 0.153 e. The standard InChI is InChI=1S/C18H19NO2/c20-14-16-7-2-4-10-18(16)21-13-12-19-11-5-8-15-6-1-3-9-17(15)19/h1-4,6-7,9-10,14H,5,8,11-13H2. The number of benzene rings is 2. The van der Waals surface area contributed by atoms with Gasteiger partial charge in [-0.05, 0) is 36.6 Å². The third-order valence-corrected chi connectivity index (χ3v) is 3.87. The Hall–Kier alpha value is -2.29. The summed E-state index contributed by atoms with van der Waals surface area (Å²) in [7, 11) is 0. The predicted molar refractivity (Wildman–Crippen MR) is 84.3 cm³/mol.